The Morgan fingerprint density at radius 2 is 2.19 bits per heavy atom. The van der Waals surface area contributed by atoms with Gasteiger partial charge in [0.15, 0.2) is 0 Å². The van der Waals surface area contributed by atoms with E-state index in [1.54, 1.807) is 0 Å². The highest BCUT2D eigenvalue weighted by Crippen LogP contribution is 2.36. The molecule has 1 aromatic rings. The fourth-order valence-electron chi connectivity index (χ4n) is 2.34. The summed E-state index contributed by atoms with van der Waals surface area (Å²) in [5, 5.41) is 5.32. The van der Waals surface area contributed by atoms with Crippen LogP contribution in [0.5, 0.6) is 0 Å². The summed E-state index contributed by atoms with van der Waals surface area (Å²) >= 11 is 5.53. The number of alkyl halides is 3. The number of benzene rings is 1. The Bertz CT molecular complexity index is 513. The maximum absolute atomic E-state index is 12.7. The van der Waals surface area contributed by atoms with Crippen molar-refractivity contribution < 1.29 is 18.0 Å². The summed E-state index contributed by atoms with van der Waals surface area (Å²) in [5.74, 6) is 0.184. The molecule has 2 N–H and O–H groups in total. The highest BCUT2D eigenvalue weighted by Gasteiger charge is 2.33. The molecule has 1 aliphatic heterocycles. The number of anilines is 1. The van der Waals surface area contributed by atoms with Gasteiger partial charge < -0.3 is 10.6 Å². The van der Waals surface area contributed by atoms with Gasteiger partial charge in [-0.2, -0.15) is 13.2 Å². The summed E-state index contributed by atoms with van der Waals surface area (Å²) in [5.41, 5.74) is -0.830. The molecular weight excluding hydrogens is 305 g/mol. The van der Waals surface area contributed by atoms with Crippen molar-refractivity contribution in [3.8, 4) is 0 Å². The normalized spacial score (nSPS) is 18.8. The predicted molar refractivity (Wildman–Crippen MR) is 75.3 cm³/mol. The van der Waals surface area contributed by atoms with Crippen LogP contribution >= 0.6 is 11.6 Å². The Kier molecular flexibility index (Phi) is 5.11. The fraction of sp³-hybridized carbons (Fsp3) is 0.500. The van der Waals surface area contributed by atoms with Crippen molar-refractivity contribution in [2.75, 3.05) is 18.4 Å². The first kappa shape index (κ1) is 16.1. The topological polar surface area (TPSA) is 41.1 Å². The second kappa shape index (κ2) is 6.66. The largest absolute Gasteiger partial charge is 0.417 e. The summed E-state index contributed by atoms with van der Waals surface area (Å²) in [7, 11) is 0. The second-order valence-electron chi connectivity index (χ2n) is 5.14. The second-order valence-corrected chi connectivity index (χ2v) is 5.55. The van der Waals surface area contributed by atoms with Crippen LogP contribution < -0.4 is 10.6 Å². The summed E-state index contributed by atoms with van der Waals surface area (Å²) in [6, 6.07) is 3.37. The molecule has 21 heavy (non-hydrogen) atoms. The van der Waals surface area contributed by atoms with Gasteiger partial charge in [-0.3, -0.25) is 4.79 Å². The lowest BCUT2D eigenvalue weighted by atomic mass is 10.0. The highest BCUT2D eigenvalue weighted by atomic mass is 35.5. The van der Waals surface area contributed by atoms with E-state index in [1.807, 2.05) is 0 Å². The number of rotatable bonds is 4. The maximum Gasteiger partial charge on any atom is 0.417 e. The van der Waals surface area contributed by atoms with Crippen molar-refractivity contribution in [3.05, 3.63) is 28.8 Å². The van der Waals surface area contributed by atoms with E-state index in [0.29, 0.717) is 12.3 Å². The van der Waals surface area contributed by atoms with Crippen molar-refractivity contribution >= 4 is 23.2 Å². The van der Waals surface area contributed by atoms with Gasteiger partial charge in [0, 0.05) is 12.1 Å². The van der Waals surface area contributed by atoms with Crippen molar-refractivity contribution in [2.45, 2.75) is 25.4 Å². The van der Waals surface area contributed by atoms with E-state index >= 15 is 0 Å². The molecule has 2 rings (SSSR count). The number of amides is 1. The molecule has 1 heterocycles. The van der Waals surface area contributed by atoms with Crippen LogP contribution in [0.1, 0.15) is 24.8 Å². The first-order chi connectivity index (χ1) is 9.86. The van der Waals surface area contributed by atoms with Crippen molar-refractivity contribution in [2.24, 2.45) is 5.92 Å². The summed E-state index contributed by atoms with van der Waals surface area (Å²) in [4.78, 5) is 11.8. The summed E-state index contributed by atoms with van der Waals surface area (Å²) in [6.07, 6.45) is -2.46. The molecule has 3 nitrogen and oxygen atoms in total. The van der Waals surface area contributed by atoms with Crippen LogP contribution in [0.4, 0.5) is 18.9 Å². The molecule has 116 valence electrons. The van der Waals surface area contributed by atoms with E-state index < -0.39 is 11.7 Å². The molecule has 1 saturated heterocycles. The van der Waals surface area contributed by atoms with E-state index in [4.69, 9.17) is 11.6 Å². The molecule has 0 saturated carbocycles. The number of hydrogen-bond acceptors (Lipinski definition) is 2. The Balaban J connectivity index is 1.94. The van der Waals surface area contributed by atoms with E-state index in [-0.39, 0.29) is 16.6 Å². The first-order valence-electron chi connectivity index (χ1n) is 6.73. The molecule has 1 aliphatic rings. The Labute approximate surface area is 125 Å². The first-order valence-corrected chi connectivity index (χ1v) is 7.11. The minimum Gasteiger partial charge on any atom is -0.326 e. The molecule has 0 aromatic heterocycles. The van der Waals surface area contributed by atoms with Gasteiger partial charge in [-0.1, -0.05) is 11.6 Å². The van der Waals surface area contributed by atoms with Gasteiger partial charge in [0.1, 0.15) is 0 Å². The third kappa shape index (κ3) is 4.61. The fourth-order valence-corrected chi connectivity index (χ4v) is 2.56. The molecule has 7 heteroatoms. The predicted octanol–water partition coefficient (Wildman–Crippen LogP) is 3.69. The zero-order valence-electron chi connectivity index (χ0n) is 11.3. The van der Waals surface area contributed by atoms with Crippen LogP contribution in [0.15, 0.2) is 18.2 Å². The molecule has 0 aliphatic carbocycles. The lowest BCUT2D eigenvalue weighted by Gasteiger charge is -2.12. The lowest BCUT2D eigenvalue weighted by molar-refractivity contribution is -0.137. The number of hydrogen-bond donors (Lipinski definition) is 2. The van der Waals surface area contributed by atoms with Gasteiger partial charge in [-0.25, -0.2) is 0 Å². The number of carbonyl (C=O) groups is 1. The molecule has 1 fully saturated rings. The molecule has 0 spiro atoms. The molecular formula is C14H16ClF3N2O. The van der Waals surface area contributed by atoms with Gasteiger partial charge in [0.25, 0.3) is 0 Å². The Morgan fingerprint density at radius 1 is 1.43 bits per heavy atom. The minimum atomic E-state index is -4.53. The minimum absolute atomic E-state index is 0.112. The van der Waals surface area contributed by atoms with Crippen LogP contribution in [0.25, 0.3) is 0 Å². The van der Waals surface area contributed by atoms with Crippen LogP contribution in [-0.2, 0) is 11.0 Å². The smallest absolute Gasteiger partial charge is 0.326 e. The molecule has 1 atom stereocenters. The van der Waals surface area contributed by atoms with Gasteiger partial charge >= 0.3 is 6.18 Å². The quantitative estimate of drug-likeness (QED) is 0.888. The van der Waals surface area contributed by atoms with E-state index in [2.05, 4.69) is 10.6 Å². The zero-order chi connectivity index (χ0) is 15.5. The number of halogens is 4. The average molecular weight is 321 g/mol. The van der Waals surface area contributed by atoms with Gasteiger partial charge in [0.05, 0.1) is 10.6 Å². The molecule has 1 aromatic carbocycles. The van der Waals surface area contributed by atoms with Crippen LogP contribution in [0.2, 0.25) is 5.02 Å². The molecule has 1 amide bonds. The van der Waals surface area contributed by atoms with Crippen molar-refractivity contribution in [1.82, 2.24) is 5.32 Å². The van der Waals surface area contributed by atoms with Crippen LogP contribution in [-0.4, -0.2) is 19.0 Å². The van der Waals surface area contributed by atoms with Crippen LogP contribution in [0, 0.1) is 5.92 Å². The standard InChI is InChI=1S/C14H16ClF3N2O/c15-12-3-2-10(7-11(12)14(16,17)18)20-13(21)4-1-9-5-6-19-8-9/h2-3,7,9,19H,1,4-6,8H2,(H,20,21). The van der Waals surface area contributed by atoms with E-state index in [1.165, 1.54) is 6.07 Å². The molecule has 0 radical (unpaired) electrons. The van der Waals surface area contributed by atoms with E-state index in [9.17, 15) is 18.0 Å². The summed E-state index contributed by atoms with van der Waals surface area (Å²) < 4.78 is 38.1. The summed E-state index contributed by atoms with van der Waals surface area (Å²) in [6.45, 7) is 1.85. The van der Waals surface area contributed by atoms with Gasteiger partial charge in [-0.15, -0.1) is 0 Å². The lowest BCUT2D eigenvalue weighted by Crippen LogP contribution is -2.15. The number of carbonyl (C=O) groups excluding carboxylic acids is 1. The van der Waals surface area contributed by atoms with Gasteiger partial charge in [-0.05, 0) is 50.0 Å². The molecule has 1 unspecified atom stereocenters. The van der Waals surface area contributed by atoms with Crippen LogP contribution in [0.3, 0.4) is 0 Å². The zero-order valence-corrected chi connectivity index (χ0v) is 12.0. The maximum atomic E-state index is 12.7. The highest BCUT2D eigenvalue weighted by molar-refractivity contribution is 6.31. The Morgan fingerprint density at radius 3 is 2.81 bits per heavy atom. The van der Waals surface area contributed by atoms with Crippen molar-refractivity contribution in [3.63, 3.8) is 0 Å². The average Bonchev–Trinajstić information content (AvgIpc) is 2.90. The third-order valence-corrected chi connectivity index (χ3v) is 3.83. The van der Waals surface area contributed by atoms with Gasteiger partial charge in [0.2, 0.25) is 5.91 Å². The number of nitrogens with one attached hydrogen (secondary N) is 2. The SMILES string of the molecule is O=C(CCC1CCNC1)Nc1ccc(Cl)c(C(F)(F)F)c1. The van der Waals surface area contributed by atoms with E-state index in [0.717, 1.165) is 38.1 Å². The monoisotopic (exact) mass is 320 g/mol. The Hall–Kier alpha value is -1.27. The van der Waals surface area contributed by atoms with Crippen molar-refractivity contribution in [1.29, 1.82) is 0 Å². The molecule has 0 bridgehead atoms. The third-order valence-electron chi connectivity index (χ3n) is 3.50.